The summed E-state index contributed by atoms with van der Waals surface area (Å²) in [7, 11) is 0. The SMILES string of the molecule is CC(C)CN(CCC(=O)O)C(=O)Cc1cc(Cl)c2c(c1)OCCO2. The quantitative estimate of drug-likeness (QED) is 0.813. The van der Waals surface area contributed by atoms with Crippen molar-refractivity contribution >= 4 is 23.5 Å². The molecule has 0 atom stereocenters. The molecule has 1 aromatic carbocycles. The van der Waals surface area contributed by atoms with E-state index in [0.29, 0.717) is 36.3 Å². The van der Waals surface area contributed by atoms with Gasteiger partial charge in [-0.25, -0.2) is 0 Å². The Morgan fingerprint density at radius 1 is 1.29 bits per heavy atom. The Kier molecular flexibility index (Phi) is 6.31. The number of rotatable bonds is 7. The van der Waals surface area contributed by atoms with E-state index in [-0.39, 0.29) is 31.2 Å². The maximum Gasteiger partial charge on any atom is 0.305 e. The molecular formula is C17H22ClNO5. The van der Waals surface area contributed by atoms with Crippen LogP contribution in [0.15, 0.2) is 12.1 Å². The number of carboxylic acids is 1. The molecule has 1 amide bonds. The van der Waals surface area contributed by atoms with Gasteiger partial charge in [-0.2, -0.15) is 0 Å². The summed E-state index contributed by atoms with van der Waals surface area (Å²) in [6.07, 6.45) is 0.0725. The topological polar surface area (TPSA) is 76.1 Å². The normalized spacial score (nSPS) is 13.0. The number of carboxylic acid groups (broad SMARTS) is 1. The van der Waals surface area contributed by atoms with Crippen molar-refractivity contribution in [1.82, 2.24) is 4.90 Å². The van der Waals surface area contributed by atoms with Gasteiger partial charge in [0.1, 0.15) is 13.2 Å². The van der Waals surface area contributed by atoms with Gasteiger partial charge in [0.25, 0.3) is 0 Å². The number of hydrogen-bond donors (Lipinski definition) is 1. The Morgan fingerprint density at radius 3 is 2.67 bits per heavy atom. The van der Waals surface area contributed by atoms with Gasteiger partial charge < -0.3 is 19.5 Å². The number of amides is 1. The lowest BCUT2D eigenvalue weighted by atomic mass is 10.1. The van der Waals surface area contributed by atoms with Crippen LogP contribution in [0, 0.1) is 5.92 Å². The molecule has 0 radical (unpaired) electrons. The molecule has 0 fully saturated rings. The Hall–Kier alpha value is -1.95. The lowest BCUT2D eigenvalue weighted by Gasteiger charge is -2.25. The largest absolute Gasteiger partial charge is 0.486 e. The van der Waals surface area contributed by atoms with Crippen molar-refractivity contribution < 1.29 is 24.2 Å². The van der Waals surface area contributed by atoms with Crippen LogP contribution in [-0.2, 0) is 16.0 Å². The molecule has 0 unspecified atom stereocenters. The molecule has 0 saturated heterocycles. The van der Waals surface area contributed by atoms with Crippen molar-refractivity contribution in [2.45, 2.75) is 26.7 Å². The summed E-state index contributed by atoms with van der Waals surface area (Å²) in [6.45, 7) is 5.58. The highest BCUT2D eigenvalue weighted by molar-refractivity contribution is 6.32. The van der Waals surface area contributed by atoms with Crippen LogP contribution in [0.2, 0.25) is 5.02 Å². The third kappa shape index (κ3) is 5.03. The van der Waals surface area contributed by atoms with Gasteiger partial charge in [-0.3, -0.25) is 9.59 Å². The molecule has 2 rings (SSSR count). The average molecular weight is 356 g/mol. The fraction of sp³-hybridized carbons (Fsp3) is 0.529. The highest BCUT2D eigenvalue weighted by atomic mass is 35.5. The molecule has 132 valence electrons. The van der Waals surface area contributed by atoms with E-state index >= 15 is 0 Å². The van der Waals surface area contributed by atoms with Crippen LogP contribution < -0.4 is 9.47 Å². The van der Waals surface area contributed by atoms with Crippen molar-refractivity contribution in [3.8, 4) is 11.5 Å². The fourth-order valence-corrected chi connectivity index (χ4v) is 2.83. The van der Waals surface area contributed by atoms with Crippen LogP contribution in [0.4, 0.5) is 0 Å². The predicted octanol–water partition coefficient (Wildman–Crippen LogP) is 2.61. The third-order valence-electron chi connectivity index (χ3n) is 3.55. The number of aliphatic carboxylic acids is 1. The van der Waals surface area contributed by atoms with E-state index in [9.17, 15) is 9.59 Å². The smallest absolute Gasteiger partial charge is 0.305 e. The minimum absolute atomic E-state index is 0.0691. The van der Waals surface area contributed by atoms with Crippen molar-refractivity contribution in [3.63, 3.8) is 0 Å². The minimum Gasteiger partial charge on any atom is -0.486 e. The summed E-state index contributed by atoms with van der Waals surface area (Å²) in [5, 5.41) is 9.26. The number of halogens is 1. The van der Waals surface area contributed by atoms with Gasteiger partial charge >= 0.3 is 5.97 Å². The molecule has 0 aliphatic carbocycles. The van der Waals surface area contributed by atoms with E-state index in [1.165, 1.54) is 0 Å². The number of carbonyl (C=O) groups is 2. The monoisotopic (exact) mass is 355 g/mol. The first-order valence-corrected chi connectivity index (χ1v) is 8.32. The first-order valence-electron chi connectivity index (χ1n) is 7.94. The van der Waals surface area contributed by atoms with Gasteiger partial charge in [0.05, 0.1) is 17.9 Å². The second-order valence-electron chi connectivity index (χ2n) is 6.16. The van der Waals surface area contributed by atoms with Crippen molar-refractivity contribution in [2.75, 3.05) is 26.3 Å². The van der Waals surface area contributed by atoms with Gasteiger partial charge in [0, 0.05) is 13.1 Å². The van der Waals surface area contributed by atoms with Crippen LogP contribution in [-0.4, -0.2) is 48.2 Å². The van der Waals surface area contributed by atoms with E-state index in [1.54, 1.807) is 17.0 Å². The summed E-state index contributed by atoms with van der Waals surface area (Å²) in [6, 6.07) is 3.45. The lowest BCUT2D eigenvalue weighted by Crippen LogP contribution is -2.37. The van der Waals surface area contributed by atoms with Gasteiger partial charge in [0.15, 0.2) is 11.5 Å². The number of nitrogens with zero attached hydrogens (tertiary/aromatic N) is 1. The number of benzene rings is 1. The molecule has 1 aliphatic heterocycles. The number of fused-ring (bicyclic) bond motifs is 1. The lowest BCUT2D eigenvalue weighted by molar-refractivity contribution is -0.138. The number of carbonyl (C=O) groups excluding carboxylic acids is 1. The molecule has 1 aromatic rings. The van der Waals surface area contributed by atoms with Crippen LogP contribution >= 0.6 is 11.6 Å². The first-order chi connectivity index (χ1) is 11.4. The average Bonchev–Trinajstić information content (AvgIpc) is 2.51. The summed E-state index contributed by atoms with van der Waals surface area (Å²) in [5.74, 6) is 0.254. The van der Waals surface area contributed by atoms with Gasteiger partial charge in [-0.05, 0) is 23.6 Å². The van der Waals surface area contributed by atoms with Gasteiger partial charge in [-0.15, -0.1) is 0 Å². The molecule has 6 nitrogen and oxygen atoms in total. The number of hydrogen-bond acceptors (Lipinski definition) is 4. The third-order valence-corrected chi connectivity index (χ3v) is 3.83. The maximum atomic E-state index is 12.6. The summed E-state index contributed by atoms with van der Waals surface area (Å²) in [5.41, 5.74) is 0.721. The highest BCUT2D eigenvalue weighted by Crippen LogP contribution is 2.38. The fourth-order valence-electron chi connectivity index (χ4n) is 2.54. The molecule has 0 aromatic heterocycles. The van der Waals surface area contributed by atoms with Crippen molar-refractivity contribution in [1.29, 1.82) is 0 Å². The number of ether oxygens (including phenoxy) is 2. The molecule has 24 heavy (non-hydrogen) atoms. The summed E-state index contributed by atoms with van der Waals surface area (Å²) < 4.78 is 11.0. The van der Waals surface area contributed by atoms with Gasteiger partial charge in [-0.1, -0.05) is 25.4 Å². The Balaban J connectivity index is 2.10. The zero-order chi connectivity index (χ0) is 17.7. The van der Waals surface area contributed by atoms with E-state index < -0.39 is 5.97 Å². The molecule has 0 saturated carbocycles. The molecule has 1 heterocycles. The Labute approximate surface area is 146 Å². The molecule has 0 bridgehead atoms. The molecular weight excluding hydrogens is 334 g/mol. The zero-order valence-electron chi connectivity index (χ0n) is 13.9. The van der Waals surface area contributed by atoms with E-state index in [2.05, 4.69) is 0 Å². The Bertz CT molecular complexity index is 617. The van der Waals surface area contributed by atoms with Crippen LogP contribution in [0.25, 0.3) is 0 Å². The molecule has 7 heteroatoms. The van der Waals surface area contributed by atoms with Crippen LogP contribution in [0.1, 0.15) is 25.8 Å². The molecule has 0 spiro atoms. The summed E-state index contributed by atoms with van der Waals surface area (Å²) in [4.78, 5) is 24.9. The zero-order valence-corrected chi connectivity index (χ0v) is 14.6. The summed E-state index contributed by atoms with van der Waals surface area (Å²) >= 11 is 6.19. The van der Waals surface area contributed by atoms with Crippen molar-refractivity contribution in [2.24, 2.45) is 5.92 Å². The second kappa shape index (κ2) is 8.24. The predicted molar refractivity (Wildman–Crippen MR) is 89.8 cm³/mol. The van der Waals surface area contributed by atoms with Crippen molar-refractivity contribution in [3.05, 3.63) is 22.7 Å². The molecule has 1 aliphatic rings. The molecule has 1 N–H and O–H groups in total. The maximum absolute atomic E-state index is 12.6. The van der Waals surface area contributed by atoms with E-state index in [0.717, 1.165) is 5.56 Å². The van der Waals surface area contributed by atoms with E-state index in [1.807, 2.05) is 13.8 Å². The highest BCUT2D eigenvalue weighted by Gasteiger charge is 2.20. The van der Waals surface area contributed by atoms with Crippen LogP contribution in [0.3, 0.4) is 0 Å². The minimum atomic E-state index is -0.918. The Morgan fingerprint density at radius 2 is 2.00 bits per heavy atom. The van der Waals surface area contributed by atoms with E-state index in [4.69, 9.17) is 26.2 Å². The second-order valence-corrected chi connectivity index (χ2v) is 6.56. The first kappa shape index (κ1) is 18.4. The standard InChI is InChI=1S/C17H22ClNO5/c1-11(2)10-19(4-3-16(21)22)15(20)9-12-7-13(18)17-14(8-12)23-5-6-24-17/h7-8,11H,3-6,9-10H2,1-2H3,(H,21,22). The van der Waals surface area contributed by atoms with Gasteiger partial charge in [0.2, 0.25) is 5.91 Å². The van der Waals surface area contributed by atoms with Crippen LogP contribution in [0.5, 0.6) is 11.5 Å².